The Kier molecular flexibility index (Phi) is 5.21. The summed E-state index contributed by atoms with van der Waals surface area (Å²) in [6.07, 6.45) is 3.99. The molecule has 2 nitrogen and oxygen atoms in total. The monoisotopic (exact) mass is 246 g/mol. The SMILES string of the molecule is CCCCCN(C)CC1CNCc2ccccc21. The largest absolute Gasteiger partial charge is 0.312 e. The van der Waals surface area contributed by atoms with E-state index in [1.54, 1.807) is 5.56 Å². The number of hydrogen-bond donors (Lipinski definition) is 1. The van der Waals surface area contributed by atoms with Gasteiger partial charge in [0.05, 0.1) is 0 Å². The van der Waals surface area contributed by atoms with E-state index in [9.17, 15) is 0 Å². The molecule has 0 saturated heterocycles. The van der Waals surface area contributed by atoms with E-state index in [0.717, 1.165) is 13.1 Å². The van der Waals surface area contributed by atoms with E-state index in [-0.39, 0.29) is 0 Å². The number of nitrogens with one attached hydrogen (secondary N) is 1. The van der Waals surface area contributed by atoms with Crippen LogP contribution in [0, 0.1) is 0 Å². The van der Waals surface area contributed by atoms with Crippen LogP contribution >= 0.6 is 0 Å². The average molecular weight is 246 g/mol. The average Bonchev–Trinajstić information content (AvgIpc) is 2.39. The lowest BCUT2D eigenvalue weighted by atomic mass is 9.90. The molecule has 0 bridgehead atoms. The topological polar surface area (TPSA) is 15.3 Å². The maximum Gasteiger partial charge on any atom is 0.0208 e. The van der Waals surface area contributed by atoms with Gasteiger partial charge in [-0.25, -0.2) is 0 Å². The molecule has 2 heteroatoms. The minimum atomic E-state index is 0.654. The lowest BCUT2D eigenvalue weighted by Gasteiger charge is -2.30. The van der Waals surface area contributed by atoms with Gasteiger partial charge in [0.1, 0.15) is 0 Å². The molecule has 0 spiro atoms. The molecule has 0 saturated carbocycles. The van der Waals surface area contributed by atoms with Crippen LogP contribution in [0.5, 0.6) is 0 Å². The quantitative estimate of drug-likeness (QED) is 0.776. The fourth-order valence-corrected chi connectivity index (χ4v) is 2.85. The normalized spacial score (nSPS) is 18.9. The first kappa shape index (κ1) is 13.6. The number of fused-ring (bicyclic) bond motifs is 1. The van der Waals surface area contributed by atoms with Gasteiger partial charge >= 0.3 is 0 Å². The van der Waals surface area contributed by atoms with Gasteiger partial charge in [-0.05, 0) is 31.1 Å². The van der Waals surface area contributed by atoms with E-state index in [2.05, 4.69) is 48.5 Å². The first-order valence-electron chi connectivity index (χ1n) is 7.28. The molecule has 1 aromatic carbocycles. The number of nitrogens with zero attached hydrogens (tertiary/aromatic N) is 1. The van der Waals surface area contributed by atoms with Crippen LogP contribution in [0.2, 0.25) is 0 Å². The van der Waals surface area contributed by atoms with Crippen LogP contribution < -0.4 is 5.32 Å². The van der Waals surface area contributed by atoms with Crippen molar-refractivity contribution in [3.05, 3.63) is 35.4 Å². The molecule has 1 aliphatic heterocycles. The van der Waals surface area contributed by atoms with Crippen LogP contribution in [-0.2, 0) is 6.54 Å². The van der Waals surface area contributed by atoms with Crippen molar-refractivity contribution in [3.8, 4) is 0 Å². The highest BCUT2D eigenvalue weighted by Gasteiger charge is 2.20. The highest BCUT2D eigenvalue weighted by Crippen LogP contribution is 2.24. The number of benzene rings is 1. The highest BCUT2D eigenvalue weighted by atomic mass is 15.1. The Hall–Kier alpha value is -0.860. The lowest BCUT2D eigenvalue weighted by molar-refractivity contribution is 0.294. The maximum atomic E-state index is 3.54. The van der Waals surface area contributed by atoms with Crippen molar-refractivity contribution in [2.24, 2.45) is 0 Å². The molecule has 0 aromatic heterocycles. The van der Waals surface area contributed by atoms with Gasteiger partial charge in [-0.15, -0.1) is 0 Å². The third kappa shape index (κ3) is 3.56. The minimum absolute atomic E-state index is 0.654. The van der Waals surface area contributed by atoms with Crippen molar-refractivity contribution in [1.29, 1.82) is 0 Å². The molecule has 0 fully saturated rings. The third-order valence-corrected chi connectivity index (χ3v) is 3.88. The Morgan fingerprint density at radius 2 is 2.11 bits per heavy atom. The van der Waals surface area contributed by atoms with Crippen molar-refractivity contribution < 1.29 is 0 Å². The molecule has 1 N–H and O–H groups in total. The summed E-state index contributed by atoms with van der Waals surface area (Å²) >= 11 is 0. The van der Waals surface area contributed by atoms with E-state index in [1.165, 1.54) is 37.9 Å². The Morgan fingerprint density at radius 3 is 2.94 bits per heavy atom. The predicted octanol–water partition coefficient (Wildman–Crippen LogP) is 3.00. The van der Waals surface area contributed by atoms with Crippen LogP contribution in [0.4, 0.5) is 0 Å². The standard InChI is InChI=1S/C16H26N2/c1-3-4-7-10-18(2)13-15-12-17-11-14-8-5-6-9-16(14)15/h5-6,8-9,15,17H,3-4,7,10-13H2,1-2H3. The number of rotatable bonds is 6. The highest BCUT2D eigenvalue weighted by molar-refractivity contribution is 5.32. The van der Waals surface area contributed by atoms with Crippen molar-refractivity contribution in [3.63, 3.8) is 0 Å². The molecule has 0 amide bonds. The Morgan fingerprint density at radius 1 is 1.28 bits per heavy atom. The number of likely N-dealkylation sites (N-methyl/N-ethyl adjacent to an activating group) is 1. The first-order chi connectivity index (χ1) is 8.81. The molecule has 0 aliphatic carbocycles. The summed E-state index contributed by atoms with van der Waals surface area (Å²) in [6, 6.07) is 8.88. The van der Waals surface area contributed by atoms with Crippen molar-refractivity contribution in [1.82, 2.24) is 10.2 Å². The molecule has 18 heavy (non-hydrogen) atoms. The zero-order chi connectivity index (χ0) is 12.8. The fraction of sp³-hybridized carbons (Fsp3) is 0.625. The van der Waals surface area contributed by atoms with E-state index in [4.69, 9.17) is 0 Å². The van der Waals surface area contributed by atoms with Gasteiger partial charge in [-0.1, -0.05) is 44.0 Å². The summed E-state index contributed by atoms with van der Waals surface area (Å²) in [5.41, 5.74) is 3.04. The second-order valence-electron chi connectivity index (χ2n) is 5.50. The molecule has 1 aliphatic rings. The summed E-state index contributed by atoms with van der Waals surface area (Å²) in [5.74, 6) is 0.654. The van der Waals surface area contributed by atoms with E-state index < -0.39 is 0 Å². The summed E-state index contributed by atoms with van der Waals surface area (Å²) in [7, 11) is 2.26. The minimum Gasteiger partial charge on any atom is -0.312 e. The second kappa shape index (κ2) is 6.91. The molecular weight excluding hydrogens is 220 g/mol. The van der Waals surface area contributed by atoms with E-state index in [1.807, 2.05) is 0 Å². The molecular formula is C16H26N2. The third-order valence-electron chi connectivity index (χ3n) is 3.88. The summed E-state index contributed by atoms with van der Waals surface area (Å²) in [6.45, 7) is 6.82. The maximum absolute atomic E-state index is 3.54. The molecule has 1 atom stereocenters. The fourth-order valence-electron chi connectivity index (χ4n) is 2.85. The molecule has 100 valence electrons. The Bertz CT molecular complexity index is 362. The van der Waals surface area contributed by atoms with Gasteiger partial charge in [0.25, 0.3) is 0 Å². The van der Waals surface area contributed by atoms with Gasteiger partial charge in [-0.3, -0.25) is 0 Å². The number of unbranched alkanes of at least 4 members (excludes halogenated alkanes) is 2. The van der Waals surface area contributed by atoms with E-state index >= 15 is 0 Å². The smallest absolute Gasteiger partial charge is 0.0208 e. The summed E-state index contributed by atoms with van der Waals surface area (Å²) in [5, 5.41) is 3.54. The first-order valence-corrected chi connectivity index (χ1v) is 7.28. The molecule has 1 aromatic rings. The van der Waals surface area contributed by atoms with Crippen LogP contribution in [0.3, 0.4) is 0 Å². The van der Waals surface area contributed by atoms with Crippen molar-refractivity contribution in [2.75, 3.05) is 26.7 Å². The van der Waals surface area contributed by atoms with Crippen molar-refractivity contribution in [2.45, 2.75) is 38.6 Å². The Labute approximate surface area is 111 Å². The predicted molar refractivity (Wildman–Crippen MR) is 77.9 cm³/mol. The summed E-state index contributed by atoms with van der Waals surface area (Å²) in [4.78, 5) is 2.49. The van der Waals surface area contributed by atoms with Gasteiger partial charge in [0, 0.05) is 25.6 Å². The molecule has 2 rings (SSSR count). The van der Waals surface area contributed by atoms with Gasteiger partial charge in [0.2, 0.25) is 0 Å². The van der Waals surface area contributed by atoms with Crippen LogP contribution in [0.1, 0.15) is 43.2 Å². The molecule has 1 heterocycles. The lowest BCUT2D eigenvalue weighted by Crippen LogP contribution is -2.35. The van der Waals surface area contributed by atoms with Gasteiger partial charge in [0.15, 0.2) is 0 Å². The van der Waals surface area contributed by atoms with Gasteiger partial charge in [-0.2, -0.15) is 0 Å². The second-order valence-corrected chi connectivity index (χ2v) is 5.50. The zero-order valence-electron chi connectivity index (χ0n) is 11.8. The van der Waals surface area contributed by atoms with Crippen LogP contribution in [-0.4, -0.2) is 31.6 Å². The van der Waals surface area contributed by atoms with Crippen molar-refractivity contribution >= 4 is 0 Å². The molecule has 1 unspecified atom stereocenters. The van der Waals surface area contributed by atoms with Gasteiger partial charge < -0.3 is 10.2 Å². The zero-order valence-corrected chi connectivity index (χ0v) is 11.8. The van der Waals surface area contributed by atoms with Crippen LogP contribution in [0.25, 0.3) is 0 Å². The van der Waals surface area contributed by atoms with Crippen LogP contribution in [0.15, 0.2) is 24.3 Å². The Balaban J connectivity index is 1.90. The van der Waals surface area contributed by atoms with E-state index in [0.29, 0.717) is 5.92 Å². The molecule has 0 radical (unpaired) electrons. The number of hydrogen-bond acceptors (Lipinski definition) is 2. The summed E-state index contributed by atoms with van der Waals surface area (Å²) < 4.78 is 0.